The highest BCUT2D eigenvalue weighted by molar-refractivity contribution is 6.38. The average molecular weight is 724 g/mol. The fourth-order valence-electron chi connectivity index (χ4n) is 6.79. The van der Waals surface area contributed by atoms with Gasteiger partial charge in [0.05, 0.1) is 29.5 Å². The van der Waals surface area contributed by atoms with Gasteiger partial charge in [0, 0.05) is 69.0 Å². The summed E-state index contributed by atoms with van der Waals surface area (Å²) in [7, 11) is 1.79. The second-order valence-corrected chi connectivity index (χ2v) is 14.7. The lowest BCUT2D eigenvalue weighted by Crippen LogP contribution is -2.40. The van der Waals surface area contributed by atoms with Crippen LogP contribution in [0.1, 0.15) is 60.3 Å². The predicted octanol–water partition coefficient (Wildman–Crippen LogP) is 6.14. The summed E-state index contributed by atoms with van der Waals surface area (Å²) in [6.45, 7) is 10.4. The van der Waals surface area contributed by atoms with Crippen molar-refractivity contribution in [3.8, 4) is 11.1 Å². The van der Waals surface area contributed by atoms with E-state index in [1.165, 1.54) is 6.33 Å². The van der Waals surface area contributed by atoms with Crippen LogP contribution in [0.3, 0.4) is 0 Å². The number of amides is 2. The van der Waals surface area contributed by atoms with Crippen molar-refractivity contribution in [3.05, 3.63) is 89.4 Å². The number of β-amino-alcohol motifs (C(OH)–C–C–N with tert-alkyl or cyclic N) is 1. The first kappa shape index (κ1) is 35.3. The second-order valence-electron chi connectivity index (χ2n) is 14.4. The first-order chi connectivity index (χ1) is 24.8. The summed E-state index contributed by atoms with van der Waals surface area (Å²) < 4.78 is 8.38. The van der Waals surface area contributed by atoms with Crippen LogP contribution in [0.15, 0.2) is 61.1 Å². The molecule has 1 unspecified atom stereocenters. The number of benzene rings is 2. The first-order valence-electron chi connectivity index (χ1n) is 17.3. The molecule has 2 amide bonds. The first-order valence-corrected chi connectivity index (χ1v) is 17.7. The Kier molecular flexibility index (Phi) is 9.59. The molecule has 13 nitrogen and oxygen atoms in total. The van der Waals surface area contributed by atoms with E-state index in [0.717, 1.165) is 56.5 Å². The molecule has 0 saturated carbocycles. The van der Waals surface area contributed by atoms with Crippen molar-refractivity contribution in [2.24, 2.45) is 7.05 Å². The van der Waals surface area contributed by atoms with E-state index in [2.05, 4.69) is 25.2 Å². The van der Waals surface area contributed by atoms with Crippen molar-refractivity contribution < 1.29 is 19.4 Å². The van der Waals surface area contributed by atoms with Gasteiger partial charge >= 0.3 is 12.0 Å². The molecule has 7 rings (SSSR count). The zero-order chi connectivity index (χ0) is 36.7. The molecule has 0 bridgehead atoms. The summed E-state index contributed by atoms with van der Waals surface area (Å²) in [4.78, 5) is 48.6. The third-order valence-electron chi connectivity index (χ3n) is 9.43. The third-order valence-corrected chi connectivity index (χ3v) is 9.78. The second kappa shape index (κ2) is 14.1. The van der Waals surface area contributed by atoms with Crippen LogP contribution in [-0.4, -0.2) is 82.7 Å². The highest BCUT2D eigenvalue weighted by atomic mass is 35.5. The topological polar surface area (TPSA) is 142 Å². The average Bonchev–Trinajstić information content (AvgIpc) is 3.68. The quantitative estimate of drug-likeness (QED) is 0.188. The van der Waals surface area contributed by atoms with Gasteiger partial charge < -0.3 is 24.6 Å². The fourth-order valence-corrected chi connectivity index (χ4v) is 6.97. The van der Waals surface area contributed by atoms with Crippen LogP contribution in [0.4, 0.5) is 22.0 Å². The van der Waals surface area contributed by atoms with E-state index in [4.69, 9.17) is 21.5 Å². The van der Waals surface area contributed by atoms with E-state index < -0.39 is 17.6 Å². The molecule has 5 aromatic rings. The van der Waals surface area contributed by atoms with Crippen molar-refractivity contribution in [1.29, 1.82) is 0 Å². The number of carbonyl (C=O) groups is 2. The minimum Gasteiger partial charge on any atom is -0.444 e. The normalized spacial score (nSPS) is 16.2. The van der Waals surface area contributed by atoms with Crippen LogP contribution in [0.25, 0.3) is 22.2 Å². The Bertz CT molecular complexity index is 2160. The maximum Gasteiger partial charge on any atom is 0.410 e. The SMILES string of the molecule is Cc1c(Nc2ncnc3cc(CN4CCC(O)C4)cnc23)cccc1-c1cccc(N(Cl)C(=O)c2nc3c(n2C)CCN(C(=O)OC(C)(C)C)C3)c1. The largest absolute Gasteiger partial charge is 0.444 e. The van der Waals surface area contributed by atoms with E-state index >= 15 is 0 Å². The minimum atomic E-state index is -0.610. The molecule has 0 aliphatic carbocycles. The van der Waals surface area contributed by atoms with Crippen LogP contribution in [0.2, 0.25) is 0 Å². The number of carbonyl (C=O) groups excluding carboxylic acids is 2. The Morgan fingerprint density at radius 2 is 1.90 bits per heavy atom. The van der Waals surface area contributed by atoms with Gasteiger partial charge in [-0.2, -0.15) is 0 Å². The lowest BCUT2D eigenvalue weighted by Gasteiger charge is -2.29. The number of imidazole rings is 1. The van der Waals surface area contributed by atoms with E-state index in [1.54, 1.807) is 22.6 Å². The number of ether oxygens (including phenoxy) is 1. The smallest absolute Gasteiger partial charge is 0.410 e. The zero-order valence-electron chi connectivity index (χ0n) is 29.9. The summed E-state index contributed by atoms with van der Waals surface area (Å²) in [5.41, 5.74) is 7.46. The number of aliphatic hydroxyl groups excluding tert-OH is 1. The fraction of sp³-hybridized carbons (Fsp3) is 0.368. The van der Waals surface area contributed by atoms with Crippen LogP contribution in [0, 0.1) is 6.92 Å². The van der Waals surface area contributed by atoms with E-state index in [1.807, 2.05) is 76.4 Å². The van der Waals surface area contributed by atoms with Gasteiger partial charge in [-0.25, -0.2) is 24.2 Å². The molecule has 270 valence electrons. The molecular formula is C38H42ClN9O4. The number of likely N-dealkylation sites (tertiary alicyclic amines) is 1. The molecule has 2 N–H and O–H groups in total. The molecule has 0 spiro atoms. The number of halogens is 1. The van der Waals surface area contributed by atoms with Crippen LogP contribution in [0.5, 0.6) is 0 Å². The van der Waals surface area contributed by atoms with Gasteiger partial charge in [-0.3, -0.25) is 14.7 Å². The Morgan fingerprint density at radius 3 is 2.67 bits per heavy atom. The van der Waals surface area contributed by atoms with Crippen LogP contribution < -0.4 is 9.74 Å². The number of nitrogens with one attached hydrogen (secondary N) is 1. The molecule has 2 aliphatic heterocycles. The van der Waals surface area contributed by atoms with Gasteiger partial charge in [0.2, 0.25) is 5.82 Å². The van der Waals surface area contributed by atoms with Crippen molar-refractivity contribution in [2.75, 3.05) is 29.4 Å². The summed E-state index contributed by atoms with van der Waals surface area (Å²) in [5, 5.41) is 13.4. The molecule has 14 heteroatoms. The number of pyridine rings is 1. The lowest BCUT2D eigenvalue weighted by atomic mass is 9.98. The van der Waals surface area contributed by atoms with E-state index in [0.29, 0.717) is 48.8 Å². The third kappa shape index (κ3) is 7.29. The van der Waals surface area contributed by atoms with Gasteiger partial charge in [0.25, 0.3) is 0 Å². The van der Waals surface area contributed by atoms with Crippen molar-refractivity contribution in [1.82, 2.24) is 34.3 Å². The summed E-state index contributed by atoms with van der Waals surface area (Å²) in [6.07, 6.45) is 4.01. The molecule has 0 radical (unpaired) electrons. The van der Waals surface area contributed by atoms with E-state index in [-0.39, 0.29) is 18.5 Å². The summed E-state index contributed by atoms with van der Waals surface area (Å²) in [5.74, 6) is 0.300. The number of anilines is 3. The Balaban J connectivity index is 1.09. The standard InChI is InChI=1S/C38H42ClN9O4/c1-23-28(10-7-11-29(23)43-34-33-30(41-22-42-34)16-24(18-40-33)19-46-14-12-27(49)20-46)25-8-6-9-26(17-25)48(39)36(50)35-44-31-21-47(15-13-32(31)45(35)5)37(51)52-38(2,3)4/h6-11,16-18,22,27,49H,12-15,19-21H2,1-5H3,(H,41,42,43). The number of fused-ring (bicyclic) bond motifs is 2. The number of hydrogen-bond donors (Lipinski definition) is 2. The Morgan fingerprint density at radius 1 is 1.10 bits per heavy atom. The highest BCUT2D eigenvalue weighted by Gasteiger charge is 2.32. The molecule has 3 aromatic heterocycles. The van der Waals surface area contributed by atoms with Crippen LogP contribution in [-0.2, 0) is 31.3 Å². The van der Waals surface area contributed by atoms with Crippen molar-refractivity contribution in [2.45, 2.75) is 65.3 Å². The lowest BCUT2D eigenvalue weighted by molar-refractivity contribution is 0.0220. The van der Waals surface area contributed by atoms with Gasteiger partial charge in [-0.1, -0.05) is 24.3 Å². The van der Waals surface area contributed by atoms with Gasteiger partial charge in [0.1, 0.15) is 17.4 Å². The monoisotopic (exact) mass is 723 g/mol. The maximum atomic E-state index is 13.8. The van der Waals surface area contributed by atoms with Gasteiger partial charge in [-0.05, 0) is 80.6 Å². The van der Waals surface area contributed by atoms with Crippen LogP contribution >= 0.6 is 11.8 Å². The number of aromatic nitrogens is 5. The number of hydrogen-bond acceptors (Lipinski definition) is 10. The molecular weight excluding hydrogens is 682 g/mol. The molecule has 1 atom stereocenters. The Labute approximate surface area is 307 Å². The molecule has 5 heterocycles. The minimum absolute atomic E-state index is 0.187. The molecule has 1 saturated heterocycles. The maximum absolute atomic E-state index is 13.8. The number of rotatable bonds is 7. The van der Waals surface area contributed by atoms with Gasteiger partial charge in [0.15, 0.2) is 5.82 Å². The molecule has 52 heavy (non-hydrogen) atoms. The number of nitrogens with zero attached hydrogens (tertiary/aromatic N) is 8. The van der Waals surface area contributed by atoms with Crippen molar-refractivity contribution in [3.63, 3.8) is 0 Å². The molecule has 2 aromatic carbocycles. The van der Waals surface area contributed by atoms with E-state index in [9.17, 15) is 14.7 Å². The van der Waals surface area contributed by atoms with Crippen molar-refractivity contribution >= 4 is 52.0 Å². The zero-order valence-corrected chi connectivity index (χ0v) is 30.7. The predicted molar refractivity (Wildman–Crippen MR) is 199 cm³/mol. The molecule has 2 aliphatic rings. The molecule has 1 fully saturated rings. The van der Waals surface area contributed by atoms with Gasteiger partial charge in [-0.15, -0.1) is 0 Å². The number of aliphatic hydroxyl groups is 1. The highest BCUT2D eigenvalue weighted by Crippen LogP contribution is 2.34. The summed E-state index contributed by atoms with van der Waals surface area (Å²) >= 11 is 6.74. The summed E-state index contributed by atoms with van der Waals surface area (Å²) in [6, 6.07) is 15.4. The Hall–Kier alpha value is -5.11.